The maximum absolute atomic E-state index is 12.6. The topological polar surface area (TPSA) is 122 Å². The second-order valence-electron chi connectivity index (χ2n) is 6.93. The van der Waals surface area contributed by atoms with Crippen LogP contribution in [-0.4, -0.2) is 30.3 Å². The molecule has 0 radical (unpaired) electrons. The molecular weight excluding hydrogens is 454 g/mol. The van der Waals surface area contributed by atoms with Crippen molar-refractivity contribution < 1.29 is 18.1 Å². The summed E-state index contributed by atoms with van der Waals surface area (Å²) in [5.41, 5.74) is 0.926. The lowest BCUT2D eigenvalue weighted by Gasteiger charge is -2.14. The summed E-state index contributed by atoms with van der Waals surface area (Å²) in [5, 5.41) is 14.5. The van der Waals surface area contributed by atoms with Gasteiger partial charge >= 0.3 is 5.82 Å². The highest BCUT2D eigenvalue weighted by Gasteiger charge is 2.22. The Morgan fingerprint density at radius 3 is 2.34 bits per heavy atom. The lowest BCUT2D eigenvalue weighted by atomic mass is 10.1. The Bertz CT molecular complexity index is 1220. The van der Waals surface area contributed by atoms with Gasteiger partial charge in [-0.05, 0) is 35.5 Å². The number of nitrogens with one attached hydrogen (secondary N) is 2. The van der Waals surface area contributed by atoms with Gasteiger partial charge in [0.1, 0.15) is 5.02 Å². The molecular formula is C22H20ClN3O5S. The van der Waals surface area contributed by atoms with E-state index in [1.807, 2.05) is 30.3 Å². The molecule has 1 heterocycles. The largest absolute Gasteiger partial charge is 0.358 e. The van der Waals surface area contributed by atoms with E-state index in [2.05, 4.69) is 10.3 Å². The van der Waals surface area contributed by atoms with E-state index in [0.29, 0.717) is 12.8 Å². The van der Waals surface area contributed by atoms with Gasteiger partial charge in [0.15, 0.2) is 15.5 Å². The Morgan fingerprint density at radius 1 is 1.12 bits per heavy atom. The van der Waals surface area contributed by atoms with E-state index >= 15 is 0 Å². The SMILES string of the molecule is O=C(N[C@H](/C=C/S(=O)(=O)c1ccccc1)CCc1ccccc1)c1cc(Cl)c([N+](=O)[O-])[nH]1. The van der Waals surface area contributed by atoms with Crippen molar-refractivity contribution in [3.63, 3.8) is 0 Å². The van der Waals surface area contributed by atoms with E-state index in [4.69, 9.17) is 11.6 Å². The molecule has 1 amide bonds. The number of amides is 1. The van der Waals surface area contributed by atoms with Crippen LogP contribution in [-0.2, 0) is 16.3 Å². The highest BCUT2D eigenvalue weighted by Crippen LogP contribution is 2.24. The maximum atomic E-state index is 12.6. The third-order valence-electron chi connectivity index (χ3n) is 4.64. The van der Waals surface area contributed by atoms with Crippen LogP contribution in [0.2, 0.25) is 5.02 Å². The van der Waals surface area contributed by atoms with Crippen LogP contribution in [0.4, 0.5) is 5.82 Å². The third-order valence-corrected chi connectivity index (χ3v) is 6.38. The second-order valence-corrected chi connectivity index (χ2v) is 9.17. The van der Waals surface area contributed by atoms with Crippen LogP contribution in [0.5, 0.6) is 0 Å². The number of nitro groups is 1. The molecule has 3 rings (SSSR count). The minimum atomic E-state index is -3.70. The predicted molar refractivity (Wildman–Crippen MR) is 121 cm³/mol. The molecule has 0 aliphatic carbocycles. The van der Waals surface area contributed by atoms with Crippen molar-refractivity contribution in [1.29, 1.82) is 0 Å². The summed E-state index contributed by atoms with van der Waals surface area (Å²) < 4.78 is 25.2. The number of sulfone groups is 1. The number of carbonyl (C=O) groups is 1. The molecule has 1 atom stereocenters. The van der Waals surface area contributed by atoms with Crippen LogP contribution in [0.15, 0.2) is 83.1 Å². The number of aromatic nitrogens is 1. The minimum absolute atomic E-state index is 0.0919. The van der Waals surface area contributed by atoms with Crippen molar-refractivity contribution in [2.45, 2.75) is 23.8 Å². The molecule has 0 aliphatic rings. The van der Waals surface area contributed by atoms with E-state index < -0.39 is 32.5 Å². The molecule has 3 aromatic rings. The molecule has 0 saturated heterocycles. The van der Waals surface area contributed by atoms with Crippen molar-refractivity contribution in [2.24, 2.45) is 0 Å². The summed E-state index contributed by atoms with van der Waals surface area (Å²) in [6.07, 6.45) is 2.39. The number of nitrogens with zero attached hydrogens (tertiary/aromatic N) is 1. The Kier molecular flexibility index (Phi) is 7.45. The van der Waals surface area contributed by atoms with E-state index in [-0.39, 0.29) is 15.6 Å². The lowest BCUT2D eigenvalue weighted by Crippen LogP contribution is -2.34. The first-order chi connectivity index (χ1) is 15.3. The fourth-order valence-electron chi connectivity index (χ4n) is 2.99. The average molecular weight is 474 g/mol. The van der Waals surface area contributed by atoms with Gasteiger partial charge in [0.05, 0.1) is 4.90 Å². The van der Waals surface area contributed by atoms with Crippen LogP contribution in [0, 0.1) is 10.1 Å². The van der Waals surface area contributed by atoms with Gasteiger partial charge in [-0.15, -0.1) is 0 Å². The van der Waals surface area contributed by atoms with Crippen molar-refractivity contribution >= 4 is 33.2 Å². The minimum Gasteiger partial charge on any atom is -0.358 e. The van der Waals surface area contributed by atoms with Crippen LogP contribution in [0.3, 0.4) is 0 Å². The van der Waals surface area contributed by atoms with Gasteiger partial charge < -0.3 is 15.4 Å². The number of aryl methyl sites for hydroxylation is 1. The molecule has 2 aromatic carbocycles. The van der Waals surface area contributed by atoms with Crippen LogP contribution in [0.25, 0.3) is 0 Å². The van der Waals surface area contributed by atoms with Gasteiger partial charge in [0.25, 0.3) is 5.91 Å². The predicted octanol–water partition coefficient (Wildman–Crippen LogP) is 4.30. The number of hydrogen-bond acceptors (Lipinski definition) is 5. The Morgan fingerprint density at radius 2 is 1.75 bits per heavy atom. The average Bonchev–Trinajstić information content (AvgIpc) is 3.19. The van der Waals surface area contributed by atoms with Gasteiger partial charge in [-0.1, -0.05) is 66.2 Å². The van der Waals surface area contributed by atoms with Crippen LogP contribution >= 0.6 is 11.6 Å². The summed E-state index contributed by atoms with van der Waals surface area (Å²) >= 11 is 5.80. The normalized spacial score (nSPS) is 12.5. The molecule has 32 heavy (non-hydrogen) atoms. The van der Waals surface area contributed by atoms with Crippen molar-refractivity contribution in [3.8, 4) is 0 Å². The maximum Gasteiger partial charge on any atom is 0.340 e. The molecule has 1 aromatic heterocycles. The summed E-state index contributed by atoms with van der Waals surface area (Å²) in [4.78, 5) is 25.4. The van der Waals surface area contributed by atoms with Gasteiger partial charge in [0.2, 0.25) is 0 Å². The zero-order valence-corrected chi connectivity index (χ0v) is 18.3. The number of benzene rings is 2. The smallest absolute Gasteiger partial charge is 0.340 e. The fourth-order valence-corrected chi connectivity index (χ4v) is 4.31. The number of carbonyl (C=O) groups excluding carboxylic acids is 1. The molecule has 0 unspecified atom stereocenters. The van der Waals surface area contributed by atoms with Gasteiger partial charge in [-0.3, -0.25) is 4.79 Å². The molecule has 0 bridgehead atoms. The Labute approximate surface area is 190 Å². The van der Waals surface area contributed by atoms with E-state index in [1.54, 1.807) is 18.2 Å². The van der Waals surface area contributed by atoms with E-state index in [1.165, 1.54) is 18.2 Å². The van der Waals surface area contributed by atoms with Gasteiger partial charge in [0, 0.05) is 17.5 Å². The molecule has 166 valence electrons. The summed E-state index contributed by atoms with van der Waals surface area (Å²) in [7, 11) is -3.70. The highest BCUT2D eigenvalue weighted by atomic mass is 35.5. The molecule has 0 saturated carbocycles. The zero-order chi connectivity index (χ0) is 23.1. The first-order valence-corrected chi connectivity index (χ1v) is 11.5. The monoisotopic (exact) mass is 473 g/mol. The van der Waals surface area contributed by atoms with Gasteiger partial charge in [-0.2, -0.15) is 0 Å². The van der Waals surface area contributed by atoms with Crippen LogP contribution < -0.4 is 5.32 Å². The standard InChI is InChI=1S/C22H20ClN3O5S/c23-19-15-20(25-21(19)26(28)29)22(27)24-17(12-11-16-7-3-1-4-8-16)13-14-32(30,31)18-9-5-2-6-10-18/h1-10,13-15,17,25H,11-12H2,(H,24,27)/b14-13+/t17-/m0/s1. The molecule has 0 spiro atoms. The number of rotatable bonds is 9. The third kappa shape index (κ3) is 6.05. The first-order valence-electron chi connectivity index (χ1n) is 9.62. The van der Waals surface area contributed by atoms with Crippen molar-refractivity contribution in [2.75, 3.05) is 0 Å². The van der Waals surface area contributed by atoms with Gasteiger partial charge in [-0.25, -0.2) is 13.4 Å². The number of aromatic amines is 1. The second kappa shape index (κ2) is 10.3. The van der Waals surface area contributed by atoms with E-state index in [0.717, 1.165) is 17.0 Å². The molecule has 10 heteroatoms. The Hall–Kier alpha value is -3.43. The summed E-state index contributed by atoms with van der Waals surface area (Å²) in [5.74, 6) is -1.13. The van der Waals surface area contributed by atoms with E-state index in [9.17, 15) is 23.3 Å². The Balaban J connectivity index is 1.80. The summed E-state index contributed by atoms with van der Waals surface area (Å²) in [6, 6.07) is 18.0. The number of halogens is 1. The summed E-state index contributed by atoms with van der Waals surface area (Å²) in [6.45, 7) is 0. The molecule has 8 nitrogen and oxygen atoms in total. The zero-order valence-electron chi connectivity index (χ0n) is 16.8. The van der Waals surface area contributed by atoms with Crippen molar-refractivity contribution in [1.82, 2.24) is 10.3 Å². The quantitative estimate of drug-likeness (QED) is 0.354. The first kappa shape index (κ1) is 23.2. The van der Waals surface area contributed by atoms with Crippen LogP contribution in [0.1, 0.15) is 22.5 Å². The molecule has 0 fully saturated rings. The lowest BCUT2D eigenvalue weighted by molar-refractivity contribution is -0.389. The van der Waals surface area contributed by atoms with Crippen molar-refractivity contribution in [3.05, 3.63) is 105 Å². The molecule has 0 aliphatic heterocycles. The number of H-pyrrole nitrogens is 1. The highest BCUT2D eigenvalue weighted by molar-refractivity contribution is 7.94. The number of hydrogen-bond donors (Lipinski definition) is 2. The fraction of sp³-hybridized carbons (Fsp3) is 0.136. The molecule has 2 N–H and O–H groups in total.